The van der Waals surface area contributed by atoms with Gasteiger partial charge < -0.3 is 14.4 Å². The highest BCUT2D eigenvalue weighted by Gasteiger charge is 2.53. The van der Waals surface area contributed by atoms with Gasteiger partial charge in [0, 0.05) is 42.1 Å². The Morgan fingerprint density at radius 3 is 2.67 bits per heavy atom. The number of alkyl halides is 2. The van der Waals surface area contributed by atoms with Gasteiger partial charge >= 0.3 is 0 Å². The van der Waals surface area contributed by atoms with Crippen LogP contribution in [-0.4, -0.2) is 58.4 Å². The van der Waals surface area contributed by atoms with Crippen LogP contribution in [0.5, 0.6) is 5.75 Å². The van der Waals surface area contributed by atoms with Crippen LogP contribution in [-0.2, 0) is 26.6 Å². The smallest absolute Gasteiger partial charge is 0.270 e. The molecule has 7 nitrogen and oxygen atoms in total. The summed E-state index contributed by atoms with van der Waals surface area (Å²) in [5.41, 5.74) is 0.984. The number of rotatable bonds is 2. The number of fused-ring (bicyclic) bond motifs is 4. The van der Waals surface area contributed by atoms with Gasteiger partial charge in [-0.25, -0.2) is 21.9 Å². The van der Waals surface area contributed by atoms with Gasteiger partial charge in [0.2, 0.25) is 10.0 Å². The number of amides is 1. The number of aryl methyl sites for hydroxylation is 1. The lowest BCUT2D eigenvalue weighted by atomic mass is 9.64. The molecule has 1 N–H and O–H groups in total. The molecule has 11 heteroatoms. The summed E-state index contributed by atoms with van der Waals surface area (Å²) in [4.78, 5) is 15.6. The number of nitrogens with one attached hydrogen (secondary N) is 1. The lowest BCUT2D eigenvalue weighted by Crippen LogP contribution is -2.55. The van der Waals surface area contributed by atoms with E-state index in [1.807, 2.05) is 12.1 Å². The van der Waals surface area contributed by atoms with E-state index >= 15 is 0 Å². The minimum atomic E-state index is -4.06. The van der Waals surface area contributed by atoms with E-state index in [4.69, 9.17) is 21.1 Å². The summed E-state index contributed by atoms with van der Waals surface area (Å²) < 4.78 is 70.9. The maximum Gasteiger partial charge on any atom is 0.270 e. The number of ether oxygens (including phenoxy) is 2. The lowest BCUT2D eigenvalue weighted by molar-refractivity contribution is -0.156. The molecule has 2 bridgehead atoms. The zero-order chi connectivity index (χ0) is 32.1. The quantitative estimate of drug-likeness (QED) is 0.368. The molecule has 1 spiro atoms. The second kappa shape index (κ2) is 12.2. The van der Waals surface area contributed by atoms with Crippen LogP contribution in [0.25, 0.3) is 0 Å². The first-order chi connectivity index (χ1) is 21.4. The summed E-state index contributed by atoms with van der Waals surface area (Å²) in [6, 6.07) is 10.9. The number of nitrogens with zero attached hydrogens (tertiary/aromatic N) is 1. The molecule has 2 heterocycles. The van der Waals surface area contributed by atoms with Crippen LogP contribution in [0, 0.1) is 17.8 Å². The Bertz CT molecular complexity index is 1600. The van der Waals surface area contributed by atoms with E-state index in [0.717, 1.165) is 31.2 Å². The fraction of sp³-hybridized carbons (Fsp3) is 0.559. The number of sulfonamides is 1. The number of hydrogen-bond acceptors (Lipinski definition) is 6. The van der Waals surface area contributed by atoms with E-state index in [9.17, 15) is 22.0 Å². The predicted molar refractivity (Wildman–Crippen MR) is 171 cm³/mol. The first kappa shape index (κ1) is 32.3. The second-order valence-electron chi connectivity index (χ2n) is 13.4. The average Bonchev–Trinajstić information content (AvgIpc) is 3.14. The van der Waals surface area contributed by atoms with Gasteiger partial charge in [-0.15, -0.1) is 0 Å². The van der Waals surface area contributed by atoms with Crippen molar-refractivity contribution in [3.8, 4) is 5.75 Å². The fourth-order valence-electron chi connectivity index (χ4n) is 7.83. The van der Waals surface area contributed by atoms with Crippen molar-refractivity contribution in [3.05, 3.63) is 70.3 Å². The van der Waals surface area contributed by atoms with E-state index in [0.29, 0.717) is 42.6 Å². The topological polar surface area (TPSA) is 84.9 Å². The lowest BCUT2D eigenvalue weighted by Gasteiger charge is -2.50. The Balaban J connectivity index is 1.47. The molecule has 6 rings (SSSR count). The molecule has 6 atom stereocenters. The van der Waals surface area contributed by atoms with Gasteiger partial charge in [-0.1, -0.05) is 36.7 Å². The molecule has 1 fully saturated rings. The largest absolute Gasteiger partial charge is 0.490 e. The summed E-state index contributed by atoms with van der Waals surface area (Å²) in [5.74, 6) is -1.14. The Hall–Kier alpha value is -2.69. The predicted octanol–water partition coefficient (Wildman–Crippen LogP) is 6.53. The molecular weight excluding hydrogens is 622 g/mol. The van der Waals surface area contributed by atoms with Crippen molar-refractivity contribution in [3.63, 3.8) is 0 Å². The van der Waals surface area contributed by atoms with Crippen molar-refractivity contribution >= 4 is 33.2 Å². The van der Waals surface area contributed by atoms with Gasteiger partial charge in [-0.05, 0) is 98.7 Å². The van der Waals surface area contributed by atoms with Crippen LogP contribution in [0.4, 0.5) is 14.5 Å². The third-order valence-corrected chi connectivity index (χ3v) is 13.0. The molecule has 2 aliphatic heterocycles. The molecule has 244 valence electrons. The molecule has 0 radical (unpaired) electrons. The van der Waals surface area contributed by atoms with Crippen LogP contribution >= 0.6 is 11.6 Å². The maximum absolute atomic E-state index is 15.0. The van der Waals surface area contributed by atoms with Gasteiger partial charge in [-0.3, -0.25) is 4.79 Å². The summed E-state index contributed by atoms with van der Waals surface area (Å²) >= 11 is 6.38. The number of allylic oxidation sites excluding steroid dienone is 1. The highest BCUT2D eigenvalue weighted by Crippen LogP contribution is 2.50. The number of hydrogen-bond donors (Lipinski definition) is 1. The first-order valence-corrected chi connectivity index (χ1v) is 17.7. The van der Waals surface area contributed by atoms with E-state index < -0.39 is 50.5 Å². The fourth-order valence-corrected chi connectivity index (χ4v) is 9.31. The number of carbonyl (C=O) groups excluding carboxylic acids is 1. The molecule has 0 unspecified atom stereocenters. The second-order valence-corrected chi connectivity index (χ2v) is 15.9. The molecule has 0 aromatic heterocycles. The summed E-state index contributed by atoms with van der Waals surface area (Å²) in [6.45, 7) is 4.65. The van der Waals surface area contributed by atoms with E-state index in [2.05, 4.69) is 15.7 Å². The minimum Gasteiger partial charge on any atom is -0.490 e. The standard InChI is InChI=1S/C34H41ClF2N2O5S/c1-21-6-4-15-34(43-3,32(36)37)28-11-8-25(28)18-39-19-33(14-5-7-23-16-26(35)10-12-27(23)33)20-44-30-13-9-24(17-29(30)39)31(40)38-45(41,42)22(21)2/h4,9-10,12-13,15-17,21-22,25,28,32H,5-8,11,14,18-20H2,1-3H3,(H,38,40)/b15-4+/t21-,22+,25-,28+,33-,34-/m0/s1. The van der Waals surface area contributed by atoms with E-state index in [1.54, 1.807) is 31.2 Å². The molecule has 2 aromatic carbocycles. The van der Waals surface area contributed by atoms with Crippen molar-refractivity contribution in [1.82, 2.24) is 4.72 Å². The number of anilines is 1. The maximum atomic E-state index is 15.0. The number of benzene rings is 2. The van der Waals surface area contributed by atoms with Gasteiger partial charge in [-0.2, -0.15) is 0 Å². The van der Waals surface area contributed by atoms with Gasteiger partial charge in [0.25, 0.3) is 12.3 Å². The van der Waals surface area contributed by atoms with Crippen LogP contribution < -0.4 is 14.4 Å². The van der Waals surface area contributed by atoms with Gasteiger partial charge in [0.1, 0.15) is 11.4 Å². The molecule has 2 aromatic rings. The third-order valence-electron chi connectivity index (χ3n) is 10.9. The van der Waals surface area contributed by atoms with Crippen molar-refractivity contribution in [2.24, 2.45) is 17.8 Å². The Morgan fingerprint density at radius 2 is 1.96 bits per heavy atom. The van der Waals surface area contributed by atoms with Crippen LogP contribution in [0.1, 0.15) is 67.4 Å². The van der Waals surface area contributed by atoms with E-state index in [-0.39, 0.29) is 17.9 Å². The Kier molecular flexibility index (Phi) is 8.71. The summed E-state index contributed by atoms with van der Waals surface area (Å²) in [6.07, 6.45) is 4.59. The van der Waals surface area contributed by atoms with Crippen molar-refractivity contribution < 1.29 is 31.5 Å². The highest BCUT2D eigenvalue weighted by molar-refractivity contribution is 7.90. The Morgan fingerprint density at radius 1 is 1.16 bits per heavy atom. The molecular formula is C34H41ClF2N2O5S. The molecule has 1 saturated carbocycles. The third kappa shape index (κ3) is 5.76. The first-order valence-electron chi connectivity index (χ1n) is 15.8. The summed E-state index contributed by atoms with van der Waals surface area (Å²) in [5, 5.41) is -0.268. The molecule has 45 heavy (non-hydrogen) atoms. The molecule has 4 aliphatic rings. The number of halogens is 3. The van der Waals surface area contributed by atoms with Crippen molar-refractivity contribution in [2.75, 3.05) is 31.7 Å². The van der Waals surface area contributed by atoms with Crippen LogP contribution in [0.15, 0.2) is 48.6 Å². The number of methoxy groups -OCH3 is 1. The Labute approximate surface area is 269 Å². The van der Waals surface area contributed by atoms with E-state index in [1.165, 1.54) is 25.7 Å². The monoisotopic (exact) mass is 662 g/mol. The minimum absolute atomic E-state index is 0.109. The van der Waals surface area contributed by atoms with Crippen LogP contribution in [0.2, 0.25) is 5.02 Å². The SMILES string of the molecule is CO[C@@]1(C(F)F)/C=C/C[C@H](C)[C@@H](C)S(=O)(=O)NC(=O)c2ccc3c(c2)N(C[C@@H]2CC[C@H]21)C[C@@]1(CCCc2cc(Cl)ccc21)CO3. The molecule has 0 saturated heterocycles. The van der Waals surface area contributed by atoms with Crippen molar-refractivity contribution in [2.45, 2.75) is 75.1 Å². The highest BCUT2D eigenvalue weighted by atomic mass is 35.5. The summed E-state index contributed by atoms with van der Waals surface area (Å²) in [7, 11) is -2.73. The van der Waals surface area contributed by atoms with Crippen molar-refractivity contribution in [1.29, 1.82) is 0 Å². The van der Waals surface area contributed by atoms with Crippen LogP contribution in [0.3, 0.4) is 0 Å². The van der Waals surface area contributed by atoms with Gasteiger partial charge in [0.05, 0.1) is 17.5 Å². The zero-order valence-corrected chi connectivity index (χ0v) is 27.5. The zero-order valence-electron chi connectivity index (χ0n) is 25.9. The molecule has 1 amide bonds. The molecule has 2 aliphatic carbocycles. The normalized spacial score (nSPS) is 33.7. The van der Waals surface area contributed by atoms with Gasteiger partial charge in [0.15, 0.2) is 0 Å². The number of carbonyl (C=O) groups is 1. The average molecular weight is 663 g/mol.